The topological polar surface area (TPSA) is 83.1 Å². The average Bonchev–Trinajstić information content (AvgIpc) is 3.67. The molecule has 176 valence electrons. The van der Waals surface area contributed by atoms with Gasteiger partial charge in [-0.1, -0.05) is 30.3 Å². The third kappa shape index (κ3) is 4.25. The summed E-state index contributed by atoms with van der Waals surface area (Å²) in [4.78, 5) is 27.2. The number of methoxy groups -OCH3 is 1. The van der Waals surface area contributed by atoms with Crippen LogP contribution in [0.1, 0.15) is 36.4 Å². The lowest BCUT2D eigenvalue weighted by atomic mass is 9.99. The van der Waals surface area contributed by atoms with E-state index in [0.29, 0.717) is 19.0 Å². The van der Waals surface area contributed by atoms with Crippen LogP contribution in [0.3, 0.4) is 0 Å². The van der Waals surface area contributed by atoms with E-state index in [1.54, 1.807) is 13.4 Å². The molecule has 1 saturated carbocycles. The van der Waals surface area contributed by atoms with Gasteiger partial charge in [0.2, 0.25) is 0 Å². The number of hydrogen-bond donors (Lipinski definition) is 2. The summed E-state index contributed by atoms with van der Waals surface area (Å²) in [6.07, 6.45) is 9.06. The quantitative estimate of drug-likeness (QED) is 0.388. The van der Waals surface area contributed by atoms with Gasteiger partial charge in [0.15, 0.2) is 0 Å². The third-order valence-corrected chi connectivity index (χ3v) is 6.83. The number of urea groups is 1. The number of anilines is 1. The summed E-state index contributed by atoms with van der Waals surface area (Å²) in [5.74, 6) is 1.42. The first-order valence-electron chi connectivity index (χ1n) is 12.0. The zero-order valence-electron chi connectivity index (χ0n) is 19.6. The van der Waals surface area contributed by atoms with Crippen molar-refractivity contribution in [3.8, 4) is 16.9 Å². The van der Waals surface area contributed by atoms with Gasteiger partial charge in [0, 0.05) is 30.4 Å². The lowest BCUT2D eigenvalue weighted by Crippen LogP contribution is -2.38. The van der Waals surface area contributed by atoms with E-state index in [9.17, 15) is 4.79 Å². The van der Waals surface area contributed by atoms with Crippen molar-refractivity contribution in [3.05, 3.63) is 78.4 Å². The van der Waals surface area contributed by atoms with Gasteiger partial charge < -0.3 is 19.9 Å². The molecule has 2 N–H and O–H groups in total. The van der Waals surface area contributed by atoms with Gasteiger partial charge in [-0.2, -0.15) is 0 Å². The van der Waals surface area contributed by atoms with E-state index >= 15 is 0 Å². The predicted octanol–water partition coefficient (Wildman–Crippen LogP) is 5.83. The van der Waals surface area contributed by atoms with Gasteiger partial charge in [0.1, 0.15) is 17.7 Å². The first-order chi connectivity index (χ1) is 17.2. The summed E-state index contributed by atoms with van der Waals surface area (Å²) < 4.78 is 5.34. The van der Waals surface area contributed by atoms with Crippen LogP contribution >= 0.6 is 0 Å². The Hall–Kier alpha value is -4.13. The molecule has 0 bridgehead atoms. The number of ether oxygens (including phenoxy) is 1. The molecule has 6 rings (SSSR count). The predicted molar refractivity (Wildman–Crippen MR) is 137 cm³/mol. The smallest absolute Gasteiger partial charge is 0.322 e. The molecule has 2 aliphatic rings. The Kier molecular flexibility index (Phi) is 5.45. The van der Waals surface area contributed by atoms with Crippen molar-refractivity contribution in [1.82, 2.24) is 19.9 Å². The SMILES string of the molecule is COc1cccc(-c2cccc(NC(=O)N3CC=C(c4ncnc5[nH]cc(C6CC6)c45)CC3)c2)c1. The van der Waals surface area contributed by atoms with Crippen LogP contribution in [0.2, 0.25) is 0 Å². The monoisotopic (exact) mass is 465 g/mol. The molecule has 4 aromatic rings. The molecule has 3 heterocycles. The number of rotatable bonds is 5. The number of H-pyrrole nitrogens is 1. The van der Waals surface area contributed by atoms with Gasteiger partial charge in [-0.3, -0.25) is 0 Å². The number of nitrogens with zero attached hydrogens (tertiary/aromatic N) is 3. The van der Waals surface area contributed by atoms with E-state index in [-0.39, 0.29) is 6.03 Å². The highest BCUT2D eigenvalue weighted by molar-refractivity contribution is 5.93. The van der Waals surface area contributed by atoms with E-state index in [0.717, 1.165) is 45.7 Å². The summed E-state index contributed by atoms with van der Waals surface area (Å²) >= 11 is 0. The largest absolute Gasteiger partial charge is 0.497 e. The summed E-state index contributed by atoms with van der Waals surface area (Å²) in [5.41, 5.74) is 7.24. The first-order valence-corrected chi connectivity index (χ1v) is 12.0. The normalized spacial score (nSPS) is 15.7. The van der Waals surface area contributed by atoms with Crippen LogP contribution in [-0.4, -0.2) is 46.1 Å². The molecule has 1 aliphatic heterocycles. The zero-order valence-corrected chi connectivity index (χ0v) is 19.6. The molecule has 0 atom stereocenters. The van der Waals surface area contributed by atoms with Crippen LogP contribution in [0.5, 0.6) is 5.75 Å². The fraction of sp³-hybridized carbons (Fsp3) is 0.250. The van der Waals surface area contributed by atoms with E-state index in [1.807, 2.05) is 53.4 Å². The molecule has 0 spiro atoms. The fourth-order valence-corrected chi connectivity index (χ4v) is 4.80. The summed E-state index contributed by atoms with van der Waals surface area (Å²) in [6, 6.07) is 15.7. The van der Waals surface area contributed by atoms with Gasteiger partial charge in [0.25, 0.3) is 0 Å². The molecule has 0 radical (unpaired) electrons. The van der Waals surface area contributed by atoms with Gasteiger partial charge in [-0.05, 0) is 71.7 Å². The van der Waals surface area contributed by atoms with E-state index in [2.05, 4.69) is 32.5 Å². The van der Waals surface area contributed by atoms with E-state index in [4.69, 9.17) is 4.74 Å². The molecule has 35 heavy (non-hydrogen) atoms. The van der Waals surface area contributed by atoms with Crippen LogP contribution < -0.4 is 10.1 Å². The highest BCUT2D eigenvalue weighted by Crippen LogP contribution is 2.44. The Balaban J connectivity index is 1.17. The molecular formula is C28H27N5O2. The number of benzene rings is 2. The number of carbonyl (C=O) groups is 1. The second-order valence-corrected chi connectivity index (χ2v) is 9.13. The minimum absolute atomic E-state index is 0.101. The van der Waals surface area contributed by atoms with Crippen molar-refractivity contribution in [2.24, 2.45) is 0 Å². The molecule has 1 aliphatic carbocycles. The van der Waals surface area contributed by atoms with Crippen LogP contribution in [0.25, 0.3) is 27.7 Å². The molecule has 7 nitrogen and oxygen atoms in total. The number of carbonyl (C=O) groups excluding carboxylic acids is 1. The molecule has 0 saturated heterocycles. The molecule has 2 aromatic heterocycles. The molecule has 2 aromatic carbocycles. The standard InChI is InChI=1S/C28H27N5O2/c1-35-23-7-3-5-21(15-23)20-4-2-6-22(14-20)32-28(34)33-12-10-19(11-13-33)26-25-24(18-8-9-18)16-29-27(25)31-17-30-26/h2-7,10,14-18H,8-9,11-13H2,1H3,(H,32,34)(H,29,30,31). The van der Waals surface area contributed by atoms with Crippen molar-refractivity contribution < 1.29 is 9.53 Å². The molecule has 0 unspecified atom stereocenters. The van der Waals surface area contributed by atoms with E-state index < -0.39 is 0 Å². The summed E-state index contributed by atoms with van der Waals surface area (Å²) in [7, 11) is 1.66. The Labute approximate surface area is 203 Å². The maximum atomic E-state index is 13.0. The average molecular weight is 466 g/mol. The van der Waals surface area contributed by atoms with Crippen LogP contribution in [-0.2, 0) is 0 Å². The minimum atomic E-state index is -0.101. The first kappa shape index (κ1) is 21.4. The van der Waals surface area contributed by atoms with Crippen molar-refractivity contribution in [3.63, 3.8) is 0 Å². The summed E-state index contributed by atoms with van der Waals surface area (Å²) in [5, 5.41) is 4.21. The maximum absolute atomic E-state index is 13.0. The molecule has 2 amide bonds. The van der Waals surface area contributed by atoms with Gasteiger partial charge in [-0.25, -0.2) is 14.8 Å². The number of fused-ring (bicyclic) bond motifs is 1. The second kappa shape index (κ2) is 8.91. The van der Waals surface area contributed by atoms with E-state index in [1.165, 1.54) is 24.0 Å². The Morgan fingerprint density at radius 2 is 1.94 bits per heavy atom. The Morgan fingerprint density at radius 3 is 2.71 bits per heavy atom. The van der Waals surface area contributed by atoms with Crippen molar-refractivity contribution >= 4 is 28.3 Å². The lowest BCUT2D eigenvalue weighted by Gasteiger charge is -2.27. The van der Waals surface area contributed by atoms with Crippen molar-refractivity contribution in [1.29, 1.82) is 0 Å². The summed E-state index contributed by atoms with van der Waals surface area (Å²) in [6.45, 7) is 1.19. The van der Waals surface area contributed by atoms with Crippen LogP contribution in [0.15, 0.2) is 67.1 Å². The van der Waals surface area contributed by atoms with Gasteiger partial charge in [-0.15, -0.1) is 0 Å². The maximum Gasteiger partial charge on any atom is 0.322 e. The highest BCUT2D eigenvalue weighted by atomic mass is 16.5. The number of aromatic nitrogens is 3. The number of hydrogen-bond acceptors (Lipinski definition) is 4. The highest BCUT2D eigenvalue weighted by Gasteiger charge is 2.29. The number of amides is 2. The molecule has 7 heteroatoms. The second-order valence-electron chi connectivity index (χ2n) is 9.13. The zero-order chi connectivity index (χ0) is 23.8. The Morgan fingerprint density at radius 1 is 1.11 bits per heavy atom. The number of nitrogens with one attached hydrogen (secondary N) is 2. The number of aromatic amines is 1. The Bertz CT molecular complexity index is 1440. The third-order valence-electron chi connectivity index (χ3n) is 6.83. The van der Waals surface area contributed by atoms with Gasteiger partial charge in [0.05, 0.1) is 12.8 Å². The van der Waals surface area contributed by atoms with Crippen molar-refractivity contribution in [2.75, 3.05) is 25.5 Å². The van der Waals surface area contributed by atoms with Gasteiger partial charge >= 0.3 is 6.03 Å². The van der Waals surface area contributed by atoms with Crippen molar-refractivity contribution in [2.45, 2.75) is 25.2 Å². The molecule has 1 fully saturated rings. The molecular weight excluding hydrogens is 438 g/mol. The lowest BCUT2D eigenvalue weighted by molar-refractivity contribution is 0.217. The van der Waals surface area contributed by atoms with Crippen LogP contribution in [0, 0.1) is 0 Å². The minimum Gasteiger partial charge on any atom is -0.497 e. The fourth-order valence-electron chi connectivity index (χ4n) is 4.80. The van der Waals surface area contributed by atoms with Crippen LogP contribution in [0.4, 0.5) is 10.5 Å².